The monoisotopic (exact) mass is 264 g/mol. The first-order valence-corrected chi connectivity index (χ1v) is 7.40. The molecular formula is C15H28N4. The third kappa shape index (κ3) is 3.44. The molecule has 4 heteroatoms. The molecule has 0 saturated heterocycles. The van der Waals surface area contributed by atoms with Gasteiger partial charge in [-0.3, -0.25) is 0 Å². The van der Waals surface area contributed by atoms with Crippen molar-refractivity contribution in [2.45, 2.75) is 66.0 Å². The molecule has 0 bridgehead atoms. The van der Waals surface area contributed by atoms with E-state index in [0.717, 1.165) is 30.8 Å². The molecule has 19 heavy (non-hydrogen) atoms. The largest absolute Gasteiger partial charge is 0.355 e. The Bertz CT molecular complexity index is 403. The van der Waals surface area contributed by atoms with Gasteiger partial charge in [0, 0.05) is 25.2 Å². The fraction of sp³-hybridized carbons (Fsp3) is 0.733. The number of aryl methyl sites for hydroxylation is 1. The fourth-order valence-electron chi connectivity index (χ4n) is 2.56. The Morgan fingerprint density at radius 3 is 2.26 bits per heavy atom. The maximum atomic E-state index is 5.97. The van der Waals surface area contributed by atoms with Gasteiger partial charge in [0.15, 0.2) is 5.82 Å². The summed E-state index contributed by atoms with van der Waals surface area (Å²) >= 11 is 0. The molecule has 1 aromatic rings. The SMILES string of the molecule is CCCC(C)N(C)c1nnc(CC)c(CC)c1CN. The summed E-state index contributed by atoms with van der Waals surface area (Å²) in [6.07, 6.45) is 4.20. The summed E-state index contributed by atoms with van der Waals surface area (Å²) in [6.45, 7) is 9.24. The minimum absolute atomic E-state index is 0.460. The first-order chi connectivity index (χ1) is 9.10. The van der Waals surface area contributed by atoms with Crippen LogP contribution in [0.2, 0.25) is 0 Å². The van der Waals surface area contributed by atoms with Gasteiger partial charge in [-0.1, -0.05) is 27.2 Å². The van der Waals surface area contributed by atoms with Crippen LogP contribution >= 0.6 is 0 Å². The van der Waals surface area contributed by atoms with E-state index in [0.29, 0.717) is 12.6 Å². The first kappa shape index (κ1) is 15.9. The summed E-state index contributed by atoms with van der Waals surface area (Å²) in [5, 5.41) is 8.82. The van der Waals surface area contributed by atoms with Crippen LogP contribution in [0, 0.1) is 0 Å². The maximum Gasteiger partial charge on any atom is 0.156 e. The molecule has 2 N–H and O–H groups in total. The lowest BCUT2D eigenvalue weighted by Gasteiger charge is -2.28. The van der Waals surface area contributed by atoms with E-state index >= 15 is 0 Å². The summed E-state index contributed by atoms with van der Waals surface area (Å²) in [4.78, 5) is 2.22. The van der Waals surface area contributed by atoms with Crippen molar-refractivity contribution < 1.29 is 0 Å². The molecule has 108 valence electrons. The number of aromatic nitrogens is 2. The van der Waals surface area contributed by atoms with E-state index in [1.807, 2.05) is 0 Å². The second kappa shape index (κ2) is 7.43. The van der Waals surface area contributed by atoms with Gasteiger partial charge in [0.25, 0.3) is 0 Å². The van der Waals surface area contributed by atoms with E-state index in [9.17, 15) is 0 Å². The van der Waals surface area contributed by atoms with Crippen molar-refractivity contribution in [1.82, 2.24) is 10.2 Å². The third-order valence-corrected chi connectivity index (χ3v) is 3.84. The number of hydrogen-bond acceptors (Lipinski definition) is 4. The molecule has 0 aromatic carbocycles. The van der Waals surface area contributed by atoms with Crippen LogP contribution in [0.1, 0.15) is 57.4 Å². The molecule has 1 atom stereocenters. The smallest absolute Gasteiger partial charge is 0.156 e. The standard InChI is InChI=1S/C15H28N4/c1-6-9-11(4)19(5)15-13(10-16)12(7-2)14(8-3)17-18-15/h11H,6-10,16H2,1-5H3. The number of hydrogen-bond donors (Lipinski definition) is 1. The first-order valence-electron chi connectivity index (χ1n) is 7.40. The highest BCUT2D eigenvalue weighted by molar-refractivity contribution is 5.51. The lowest BCUT2D eigenvalue weighted by atomic mass is 10.0. The molecule has 0 aliphatic carbocycles. The van der Waals surface area contributed by atoms with Gasteiger partial charge in [-0.15, -0.1) is 5.10 Å². The Morgan fingerprint density at radius 1 is 1.11 bits per heavy atom. The molecule has 0 spiro atoms. The maximum absolute atomic E-state index is 5.97. The van der Waals surface area contributed by atoms with Gasteiger partial charge in [-0.05, 0) is 31.7 Å². The molecule has 1 unspecified atom stereocenters. The van der Waals surface area contributed by atoms with Crippen LogP contribution in [0.15, 0.2) is 0 Å². The van der Waals surface area contributed by atoms with Crippen LogP contribution in [0.5, 0.6) is 0 Å². The number of anilines is 1. The topological polar surface area (TPSA) is 55.0 Å². The summed E-state index contributed by atoms with van der Waals surface area (Å²) in [7, 11) is 2.09. The Hall–Kier alpha value is -1.16. The molecule has 0 radical (unpaired) electrons. The number of nitrogens with two attached hydrogens (primary N) is 1. The molecule has 0 fully saturated rings. The molecule has 4 nitrogen and oxygen atoms in total. The van der Waals surface area contributed by atoms with E-state index in [-0.39, 0.29) is 0 Å². The van der Waals surface area contributed by atoms with Crippen molar-refractivity contribution in [3.63, 3.8) is 0 Å². The molecule has 1 rings (SSSR count). The Kier molecular flexibility index (Phi) is 6.22. The summed E-state index contributed by atoms with van der Waals surface area (Å²) in [5.74, 6) is 0.956. The lowest BCUT2D eigenvalue weighted by Crippen LogP contribution is -2.31. The molecule has 0 amide bonds. The Balaban J connectivity index is 3.20. The van der Waals surface area contributed by atoms with Gasteiger partial charge in [-0.2, -0.15) is 5.10 Å². The molecule has 1 aromatic heterocycles. The molecule has 0 aliphatic rings. The predicted molar refractivity (Wildman–Crippen MR) is 81.5 cm³/mol. The molecule has 0 saturated carbocycles. The quantitative estimate of drug-likeness (QED) is 0.822. The minimum atomic E-state index is 0.460. The lowest BCUT2D eigenvalue weighted by molar-refractivity contribution is 0.603. The fourth-order valence-corrected chi connectivity index (χ4v) is 2.56. The van der Waals surface area contributed by atoms with E-state index < -0.39 is 0 Å². The zero-order chi connectivity index (χ0) is 14.4. The van der Waals surface area contributed by atoms with Crippen molar-refractivity contribution >= 4 is 5.82 Å². The highest BCUT2D eigenvalue weighted by Crippen LogP contribution is 2.25. The van der Waals surface area contributed by atoms with Crippen molar-refractivity contribution in [3.8, 4) is 0 Å². The second-order valence-electron chi connectivity index (χ2n) is 5.09. The summed E-state index contributed by atoms with van der Waals surface area (Å²) in [5.41, 5.74) is 9.50. The Labute approximate surface area is 117 Å². The van der Waals surface area contributed by atoms with Crippen LogP contribution in [-0.2, 0) is 19.4 Å². The van der Waals surface area contributed by atoms with Gasteiger partial charge in [-0.25, -0.2) is 0 Å². The molecule has 1 heterocycles. The average Bonchev–Trinajstić information content (AvgIpc) is 2.44. The highest BCUT2D eigenvalue weighted by atomic mass is 15.3. The van der Waals surface area contributed by atoms with Crippen molar-refractivity contribution in [2.75, 3.05) is 11.9 Å². The van der Waals surface area contributed by atoms with E-state index in [4.69, 9.17) is 5.73 Å². The zero-order valence-electron chi connectivity index (χ0n) is 13.0. The van der Waals surface area contributed by atoms with E-state index in [1.165, 1.54) is 17.5 Å². The van der Waals surface area contributed by atoms with Gasteiger partial charge in [0.1, 0.15) is 0 Å². The second-order valence-corrected chi connectivity index (χ2v) is 5.09. The van der Waals surface area contributed by atoms with Crippen LogP contribution in [0.4, 0.5) is 5.82 Å². The summed E-state index contributed by atoms with van der Waals surface area (Å²) < 4.78 is 0. The minimum Gasteiger partial charge on any atom is -0.355 e. The van der Waals surface area contributed by atoms with Gasteiger partial charge < -0.3 is 10.6 Å². The van der Waals surface area contributed by atoms with Crippen molar-refractivity contribution in [1.29, 1.82) is 0 Å². The molecular weight excluding hydrogens is 236 g/mol. The average molecular weight is 264 g/mol. The Morgan fingerprint density at radius 2 is 1.79 bits per heavy atom. The van der Waals surface area contributed by atoms with E-state index in [1.54, 1.807) is 0 Å². The number of nitrogens with zero attached hydrogens (tertiary/aromatic N) is 3. The third-order valence-electron chi connectivity index (χ3n) is 3.84. The van der Waals surface area contributed by atoms with Crippen LogP contribution < -0.4 is 10.6 Å². The van der Waals surface area contributed by atoms with Gasteiger partial charge >= 0.3 is 0 Å². The summed E-state index contributed by atoms with van der Waals surface area (Å²) in [6, 6.07) is 0.460. The van der Waals surface area contributed by atoms with Crippen molar-refractivity contribution in [2.24, 2.45) is 5.73 Å². The predicted octanol–water partition coefficient (Wildman–Crippen LogP) is 2.68. The normalized spacial score (nSPS) is 12.5. The van der Waals surface area contributed by atoms with Gasteiger partial charge in [0.2, 0.25) is 0 Å². The van der Waals surface area contributed by atoms with E-state index in [2.05, 4.69) is 49.8 Å². The van der Waals surface area contributed by atoms with Crippen LogP contribution in [-0.4, -0.2) is 23.3 Å². The van der Waals surface area contributed by atoms with Crippen molar-refractivity contribution in [3.05, 3.63) is 16.8 Å². The van der Waals surface area contributed by atoms with Crippen LogP contribution in [0.3, 0.4) is 0 Å². The highest BCUT2D eigenvalue weighted by Gasteiger charge is 2.18. The van der Waals surface area contributed by atoms with Gasteiger partial charge in [0.05, 0.1) is 5.69 Å². The number of rotatable bonds is 7. The zero-order valence-corrected chi connectivity index (χ0v) is 13.0. The molecule has 0 aliphatic heterocycles. The van der Waals surface area contributed by atoms with Crippen LogP contribution in [0.25, 0.3) is 0 Å².